The van der Waals surface area contributed by atoms with Crippen molar-refractivity contribution in [2.75, 3.05) is 19.8 Å². The van der Waals surface area contributed by atoms with Crippen LogP contribution in [0.2, 0.25) is 0 Å². The summed E-state index contributed by atoms with van der Waals surface area (Å²) in [5.41, 5.74) is 3.12. The highest BCUT2D eigenvalue weighted by Gasteiger charge is 2.29. The minimum absolute atomic E-state index is 0.0306. The third-order valence-electron chi connectivity index (χ3n) is 5.59. The van der Waals surface area contributed by atoms with Gasteiger partial charge < -0.3 is 19.5 Å². The summed E-state index contributed by atoms with van der Waals surface area (Å²) in [6.45, 7) is 7.24. The summed E-state index contributed by atoms with van der Waals surface area (Å²) in [4.78, 5) is 8.91. The first-order valence-electron chi connectivity index (χ1n) is 11.9. The molecule has 0 radical (unpaired) electrons. The van der Waals surface area contributed by atoms with Crippen LogP contribution in [0, 0.1) is 17.3 Å². The number of hydrogen-bond donors (Lipinski definition) is 1. The van der Waals surface area contributed by atoms with Gasteiger partial charge in [-0.25, -0.2) is 9.67 Å². The molecular weight excluding hydrogens is 444 g/mol. The fourth-order valence-electron chi connectivity index (χ4n) is 3.54. The summed E-state index contributed by atoms with van der Waals surface area (Å²) in [6, 6.07) is 7.79. The largest absolute Gasteiger partial charge is 0.488 e. The van der Waals surface area contributed by atoms with Gasteiger partial charge in [-0.05, 0) is 31.0 Å². The molecule has 5 rings (SSSR count). The predicted octanol–water partition coefficient (Wildman–Crippen LogP) is 2.82. The molecule has 0 spiro atoms. The van der Waals surface area contributed by atoms with Gasteiger partial charge in [0.05, 0.1) is 44.3 Å². The van der Waals surface area contributed by atoms with Gasteiger partial charge in [0.25, 0.3) is 0 Å². The van der Waals surface area contributed by atoms with Gasteiger partial charge in [-0.1, -0.05) is 37.0 Å². The van der Waals surface area contributed by atoms with E-state index in [-0.39, 0.29) is 17.8 Å². The second-order valence-corrected chi connectivity index (χ2v) is 9.66. The van der Waals surface area contributed by atoms with Crippen molar-refractivity contribution in [3.05, 3.63) is 54.1 Å². The SMILES string of the molecule is CC1(C)COC(Cn2cc(-c3ncc(C#CCNCc4ccccn4)cc3OC3CC3)nn2)OC1. The van der Waals surface area contributed by atoms with E-state index >= 15 is 0 Å². The number of pyridine rings is 2. The maximum Gasteiger partial charge on any atom is 0.177 e. The van der Waals surface area contributed by atoms with Crippen LogP contribution in [0.4, 0.5) is 0 Å². The lowest BCUT2D eigenvalue weighted by atomic mass is 9.96. The lowest BCUT2D eigenvalue weighted by Crippen LogP contribution is -2.39. The van der Waals surface area contributed by atoms with Crippen LogP contribution >= 0.6 is 0 Å². The van der Waals surface area contributed by atoms with Crippen LogP contribution in [0.3, 0.4) is 0 Å². The zero-order valence-electron chi connectivity index (χ0n) is 20.1. The Morgan fingerprint density at radius 2 is 2.06 bits per heavy atom. The fourth-order valence-corrected chi connectivity index (χ4v) is 3.54. The Morgan fingerprint density at radius 1 is 1.20 bits per heavy atom. The molecule has 0 atom stereocenters. The first-order valence-corrected chi connectivity index (χ1v) is 11.9. The summed E-state index contributed by atoms with van der Waals surface area (Å²) >= 11 is 0. The van der Waals surface area contributed by atoms with Crippen molar-refractivity contribution in [1.29, 1.82) is 0 Å². The fraction of sp³-hybridized carbons (Fsp3) is 0.462. The molecule has 1 aliphatic heterocycles. The molecule has 9 nitrogen and oxygen atoms in total. The molecule has 3 aromatic heterocycles. The molecule has 1 saturated heterocycles. The molecule has 1 saturated carbocycles. The maximum atomic E-state index is 6.14. The number of nitrogens with one attached hydrogen (secondary N) is 1. The van der Waals surface area contributed by atoms with Crippen LogP contribution in [0.5, 0.6) is 5.75 Å². The van der Waals surface area contributed by atoms with E-state index in [0.29, 0.717) is 50.0 Å². The van der Waals surface area contributed by atoms with E-state index < -0.39 is 0 Å². The molecule has 9 heteroatoms. The monoisotopic (exact) mass is 474 g/mol. The minimum Gasteiger partial charge on any atom is -0.488 e. The van der Waals surface area contributed by atoms with Crippen molar-refractivity contribution in [1.82, 2.24) is 30.3 Å². The first-order chi connectivity index (χ1) is 17.0. The van der Waals surface area contributed by atoms with Crippen molar-refractivity contribution in [3.8, 4) is 29.0 Å². The van der Waals surface area contributed by atoms with E-state index in [4.69, 9.17) is 14.2 Å². The van der Waals surface area contributed by atoms with Crippen molar-refractivity contribution in [2.45, 2.75) is 52.2 Å². The average Bonchev–Trinajstić information content (AvgIpc) is 3.56. The number of rotatable bonds is 8. The van der Waals surface area contributed by atoms with Crippen LogP contribution in [-0.4, -0.2) is 57.1 Å². The number of nitrogens with zero attached hydrogens (tertiary/aromatic N) is 5. The summed E-state index contributed by atoms with van der Waals surface area (Å²) in [5.74, 6) is 6.98. The highest BCUT2D eigenvalue weighted by atomic mass is 16.7. The van der Waals surface area contributed by atoms with Crippen LogP contribution in [0.15, 0.2) is 42.9 Å². The van der Waals surface area contributed by atoms with E-state index in [2.05, 4.69) is 51.3 Å². The van der Waals surface area contributed by atoms with Crippen molar-refractivity contribution in [3.63, 3.8) is 0 Å². The molecule has 3 aromatic rings. The van der Waals surface area contributed by atoms with E-state index in [0.717, 1.165) is 24.1 Å². The Bertz CT molecular complexity index is 1190. The van der Waals surface area contributed by atoms with E-state index in [1.165, 1.54) is 0 Å². The van der Waals surface area contributed by atoms with Gasteiger partial charge in [0, 0.05) is 29.9 Å². The Morgan fingerprint density at radius 3 is 2.83 bits per heavy atom. The standard InChI is InChI=1S/C26H30N6O3/c1-26(2)17-33-24(34-18-26)16-32-15-22(30-31-32)25-23(35-21-8-9-21)12-19(13-29-25)6-5-10-27-14-20-7-3-4-11-28-20/h3-4,7,11-13,15,21,24,27H,8-10,14,16-18H2,1-2H3. The van der Waals surface area contributed by atoms with Crippen molar-refractivity contribution >= 4 is 0 Å². The van der Waals surface area contributed by atoms with Crippen molar-refractivity contribution < 1.29 is 14.2 Å². The van der Waals surface area contributed by atoms with Gasteiger partial charge in [0.1, 0.15) is 17.1 Å². The van der Waals surface area contributed by atoms with Crippen LogP contribution in [0.1, 0.15) is 37.9 Å². The Kier molecular flexibility index (Phi) is 7.04. The normalized spacial score (nSPS) is 17.5. The molecule has 0 amide bonds. The summed E-state index contributed by atoms with van der Waals surface area (Å²) in [5, 5.41) is 11.8. The molecule has 182 valence electrons. The van der Waals surface area contributed by atoms with Gasteiger partial charge in [0.2, 0.25) is 0 Å². The molecular formula is C26H30N6O3. The molecule has 1 aliphatic carbocycles. The molecule has 0 bridgehead atoms. The predicted molar refractivity (Wildman–Crippen MR) is 129 cm³/mol. The lowest BCUT2D eigenvalue weighted by molar-refractivity contribution is -0.227. The molecule has 0 aromatic carbocycles. The average molecular weight is 475 g/mol. The highest BCUT2D eigenvalue weighted by Crippen LogP contribution is 2.33. The Labute approximate surface area is 205 Å². The molecule has 0 unspecified atom stereocenters. The maximum absolute atomic E-state index is 6.14. The highest BCUT2D eigenvalue weighted by molar-refractivity contribution is 5.63. The molecule has 4 heterocycles. The molecule has 1 N–H and O–H groups in total. The lowest BCUT2D eigenvalue weighted by Gasteiger charge is -2.34. The number of ether oxygens (including phenoxy) is 3. The second-order valence-electron chi connectivity index (χ2n) is 9.66. The molecule has 35 heavy (non-hydrogen) atoms. The van der Waals surface area contributed by atoms with E-state index in [1.807, 2.05) is 30.5 Å². The third-order valence-corrected chi connectivity index (χ3v) is 5.59. The topological polar surface area (TPSA) is 96.2 Å². The summed E-state index contributed by atoms with van der Waals surface area (Å²) < 4.78 is 19.5. The smallest absolute Gasteiger partial charge is 0.177 e. The van der Waals surface area contributed by atoms with Gasteiger partial charge in [-0.3, -0.25) is 4.98 Å². The number of aromatic nitrogens is 5. The van der Waals surface area contributed by atoms with Crippen LogP contribution in [0.25, 0.3) is 11.4 Å². The Balaban J connectivity index is 1.23. The zero-order chi connectivity index (χ0) is 24.1. The van der Waals surface area contributed by atoms with Crippen LogP contribution in [-0.2, 0) is 22.6 Å². The van der Waals surface area contributed by atoms with Gasteiger partial charge in [-0.2, -0.15) is 0 Å². The third kappa shape index (κ3) is 6.63. The van der Waals surface area contributed by atoms with Gasteiger partial charge in [-0.15, -0.1) is 5.10 Å². The van der Waals surface area contributed by atoms with Crippen molar-refractivity contribution in [2.24, 2.45) is 5.41 Å². The molecule has 2 aliphatic rings. The van der Waals surface area contributed by atoms with E-state index in [9.17, 15) is 0 Å². The summed E-state index contributed by atoms with van der Waals surface area (Å²) in [7, 11) is 0. The minimum atomic E-state index is -0.336. The zero-order valence-corrected chi connectivity index (χ0v) is 20.1. The summed E-state index contributed by atoms with van der Waals surface area (Å²) in [6.07, 6.45) is 7.36. The van der Waals surface area contributed by atoms with Gasteiger partial charge in [0.15, 0.2) is 6.29 Å². The van der Waals surface area contributed by atoms with Gasteiger partial charge >= 0.3 is 0 Å². The first kappa shape index (κ1) is 23.4. The van der Waals surface area contributed by atoms with Crippen LogP contribution < -0.4 is 10.1 Å². The number of hydrogen-bond acceptors (Lipinski definition) is 8. The van der Waals surface area contributed by atoms with E-state index in [1.54, 1.807) is 17.1 Å². The second kappa shape index (κ2) is 10.5. The Hall–Kier alpha value is -3.32. The quantitative estimate of drug-likeness (QED) is 0.393. The molecule has 2 fully saturated rings.